The minimum Gasteiger partial charge on any atom is -0.545 e. The molecule has 0 N–H and O–H groups in total. The summed E-state index contributed by atoms with van der Waals surface area (Å²) in [5.41, 5.74) is 1.95. The maximum Gasteiger partial charge on any atom is 0.127 e. The van der Waals surface area contributed by atoms with Crippen molar-refractivity contribution in [3.05, 3.63) is 54.1 Å². The van der Waals surface area contributed by atoms with Crippen molar-refractivity contribution in [3.63, 3.8) is 0 Å². The predicted molar refractivity (Wildman–Crippen MR) is 62.8 cm³/mol. The van der Waals surface area contributed by atoms with Gasteiger partial charge < -0.3 is 14.6 Å². The Labute approximate surface area is 99.3 Å². The fraction of sp³-hybridized carbons (Fsp3) is 0.0714. The highest BCUT2D eigenvalue weighted by molar-refractivity contribution is 5.88. The molecule has 0 bridgehead atoms. The van der Waals surface area contributed by atoms with Crippen molar-refractivity contribution in [1.82, 2.24) is 0 Å². The number of aromatic carboxylic acids is 1. The van der Waals surface area contributed by atoms with Gasteiger partial charge in [0.25, 0.3) is 0 Å². The number of hydrogen-bond donors (Lipinski definition) is 0. The number of carbonyl (C=O) groups excluding carboxylic acids is 1. The van der Waals surface area contributed by atoms with E-state index < -0.39 is 5.97 Å². The van der Waals surface area contributed by atoms with Crippen LogP contribution < -0.4 is 9.84 Å². The third-order valence-corrected chi connectivity index (χ3v) is 2.52. The maximum absolute atomic E-state index is 10.8. The Morgan fingerprint density at radius 1 is 1.12 bits per heavy atom. The van der Waals surface area contributed by atoms with Gasteiger partial charge in [-0.25, -0.2) is 0 Å². The van der Waals surface area contributed by atoms with E-state index in [2.05, 4.69) is 0 Å². The maximum atomic E-state index is 10.8. The third kappa shape index (κ3) is 2.28. The largest absolute Gasteiger partial charge is 0.545 e. The van der Waals surface area contributed by atoms with Crippen molar-refractivity contribution in [2.75, 3.05) is 7.11 Å². The van der Waals surface area contributed by atoms with Crippen LogP contribution in [-0.4, -0.2) is 13.1 Å². The molecule has 3 nitrogen and oxygen atoms in total. The summed E-state index contributed by atoms with van der Waals surface area (Å²) >= 11 is 0. The minimum atomic E-state index is -1.21. The minimum absolute atomic E-state index is 0.113. The number of carbonyl (C=O) groups is 1. The average molecular weight is 227 g/mol. The number of carboxylic acids is 1. The van der Waals surface area contributed by atoms with Crippen molar-refractivity contribution in [2.45, 2.75) is 0 Å². The molecule has 0 aliphatic heterocycles. The topological polar surface area (TPSA) is 49.4 Å². The Hall–Kier alpha value is -2.29. The van der Waals surface area contributed by atoms with E-state index in [0.29, 0.717) is 5.75 Å². The van der Waals surface area contributed by atoms with Crippen LogP contribution in [0.1, 0.15) is 10.4 Å². The summed E-state index contributed by atoms with van der Waals surface area (Å²) in [6, 6.07) is 14.3. The van der Waals surface area contributed by atoms with E-state index in [1.807, 2.05) is 30.3 Å². The van der Waals surface area contributed by atoms with Gasteiger partial charge in [-0.3, -0.25) is 0 Å². The molecule has 0 aliphatic rings. The Morgan fingerprint density at radius 3 is 2.41 bits per heavy atom. The smallest absolute Gasteiger partial charge is 0.127 e. The number of benzene rings is 2. The molecular weight excluding hydrogens is 216 g/mol. The van der Waals surface area contributed by atoms with Crippen molar-refractivity contribution in [3.8, 4) is 16.9 Å². The summed E-state index contributed by atoms with van der Waals surface area (Å²) < 4.78 is 5.20. The first-order chi connectivity index (χ1) is 8.22. The van der Waals surface area contributed by atoms with E-state index >= 15 is 0 Å². The van der Waals surface area contributed by atoms with Crippen LogP contribution in [0.4, 0.5) is 0 Å². The summed E-state index contributed by atoms with van der Waals surface area (Å²) in [5, 5.41) is 10.8. The average Bonchev–Trinajstić information content (AvgIpc) is 2.39. The summed E-state index contributed by atoms with van der Waals surface area (Å²) in [7, 11) is 1.51. The van der Waals surface area contributed by atoms with Gasteiger partial charge >= 0.3 is 0 Å². The molecule has 0 radical (unpaired) electrons. The van der Waals surface area contributed by atoms with Gasteiger partial charge in [-0.2, -0.15) is 0 Å². The molecule has 2 aromatic rings. The lowest BCUT2D eigenvalue weighted by Gasteiger charge is -2.11. The number of hydrogen-bond acceptors (Lipinski definition) is 3. The van der Waals surface area contributed by atoms with Crippen LogP contribution in [0.2, 0.25) is 0 Å². The van der Waals surface area contributed by atoms with Crippen molar-refractivity contribution in [1.29, 1.82) is 0 Å². The second-order valence-electron chi connectivity index (χ2n) is 3.57. The first kappa shape index (κ1) is 11.2. The highest BCUT2D eigenvalue weighted by Crippen LogP contribution is 2.30. The summed E-state index contributed by atoms with van der Waals surface area (Å²) in [6.07, 6.45) is 0. The lowest BCUT2D eigenvalue weighted by atomic mass is 10.0. The molecule has 17 heavy (non-hydrogen) atoms. The molecule has 0 heterocycles. The lowest BCUT2D eigenvalue weighted by molar-refractivity contribution is -0.255. The van der Waals surface area contributed by atoms with Gasteiger partial charge in [-0.15, -0.1) is 0 Å². The Balaban J connectivity index is 2.52. The normalized spacial score (nSPS) is 9.94. The molecule has 0 atom stereocenters. The molecule has 0 fully saturated rings. The highest BCUT2D eigenvalue weighted by atomic mass is 16.5. The van der Waals surface area contributed by atoms with Gasteiger partial charge in [0, 0.05) is 11.1 Å². The zero-order valence-corrected chi connectivity index (χ0v) is 9.34. The quantitative estimate of drug-likeness (QED) is 0.802. The molecule has 0 unspecified atom stereocenters. The summed E-state index contributed by atoms with van der Waals surface area (Å²) in [6.45, 7) is 0. The van der Waals surface area contributed by atoms with Crippen molar-refractivity contribution >= 4 is 5.97 Å². The van der Waals surface area contributed by atoms with Gasteiger partial charge in [0.05, 0.1) is 13.1 Å². The fourth-order valence-electron chi connectivity index (χ4n) is 1.67. The number of carboxylic acid groups (broad SMARTS) is 1. The third-order valence-electron chi connectivity index (χ3n) is 2.52. The molecule has 0 saturated carbocycles. The van der Waals surface area contributed by atoms with Crippen molar-refractivity contribution in [2.24, 2.45) is 0 Å². The molecule has 2 aromatic carbocycles. The van der Waals surface area contributed by atoms with Gasteiger partial charge in [0.2, 0.25) is 0 Å². The monoisotopic (exact) mass is 227 g/mol. The van der Waals surface area contributed by atoms with E-state index in [-0.39, 0.29) is 5.56 Å². The molecular formula is C14H11O3-. The highest BCUT2D eigenvalue weighted by Gasteiger charge is 2.06. The van der Waals surface area contributed by atoms with Gasteiger partial charge in [-0.05, 0) is 17.7 Å². The van der Waals surface area contributed by atoms with E-state index in [4.69, 9.17) is 4.74 Å². The molecule has 0 amide bonds. The number of ether oxygens (including phenoxy) is 1. The molecule has 0 aromatic heterocycles. The zero-order valence-electron chi connectivity index (χ0n) is 9.34. The molecule has 0 aliphatic carbocycles. The lowest BCUT2D eigenvalue weighted by Crippen LogP contribution is -2.22. The Kier molecular flexibility index (Phi) is 3.10. The van der Waals surface area contributed by atoms with Crippen LogP contribution >= 0.6 is 0 Å². The van der Waals surface area contributed by atoms with Crippen LogP contribution in [0, 0.1) is 0 Å². The van der Waals surface area contributed by atoms with Gasteiger partial charge in [0.15, 0.2) is 0 Å². The van der Waals surface area contributed by atoms with E-state index in [1.54, 1.807) is 6.07 Å². The molecule has 3 heteroatoms. The molecule has 2 rings (SSSR count). The second kappa shape index (κ2) is 4.70. The first-order valence-electron chi connectivity index (χ1n) is 5.17. The molecule has 86 valence electrons. The van der Waals surface area contributed by atoms with E-state index in [0.717, 1.165) is 11.1 Å². The van der Waals surface area contributed by atoms with Crippen LogP contribution in [0.5, 0.6) is 5.75 Å². The van der Waals surface area contributed by atoms with Crippen LogP contribution in [0.25, 0.3) is 11.1 Å². The van der Waals surface area contributed by atoms with Crippen LogP contribution in [0.15, 0.2) is 48.5 Å². The molecule has 0 spiro atoms. The van der Waals surface area contributed by atoms with Crippen LogP contribution in [-0.2, 0) is 0 Å². The first-order valence-corrected chi connectivity index (χ1v) is 5.17. The SMILES string of the molecule is COc1cc(C(=O)[O-])ccc1-c1ccccc1. The van der Waals surface area contributed by atoms with Crippen molar-refractivity contribution < 1.29 is 14.6 Å². The number of methoxy groups -OCH3 is 1. The van der Waals surface area contributed by atoms with Crippen LogP contribution in [0.3, 0.4) is 0 Å². The Morgan fingerprint density at radius 2 is 1.82 bits per heavy atom. The standard InChI is InChI=1S/C14H12O3/c1-17-13-9-11(14(15)16)7-8-12(13)10-5-3-2-4-6-10/h2-9H,1H3,(H,15,16)/p-1. The zero-order chi connectivity index (χ0) is 12.3. The second-order valence-corrected chi connectivity index (χ2v) is 3.57. The summed E-state index contributed by atoms with van der Waals surface area (Å²) in [4.78, 5) is 10.8. The van der Waals surface area contributed by atoms with Gasteiger partial charge in [-0.1, -0.05) is 36.4 Å². The Bertz CT molecular complexity index is 532. The summed E-state index contributed by atoms with van der Waals surface area (Å²) in [5.74, 6) is -0.680. The van der Waals surface area contributed by atoms with Gasteiger partial charge in [0.1, 0.15) is 5.75 Å². The van der Waals surface area contributed by atoms with E-state index in [1.165, 1.54) is 19.2 Å². The van der Waals surface area contributed by atoms with E-state index in [9.17, 15) is 9.90 Å². The number of rotatable bonds is 3. The molecule has 0 saturated heterocycles. The predicted octanol–water partition coefficient (Wildman–Crippen LogP) is 1.73. The fourth-order valence-corrected chi connectivity index (χ4v) is 1.67.